The summed E-state index contributed by atoms with van der Waals surface area (Å²) < 4.78 is 7.25. The summed E-state index contributed by atoms with van der Waals surface area (Å²) in [4.78, 5) is 21.0. The molecular formula is C21H29N5O3. The molecule has 0 bridgehead atoms. The van der Waals surface area contributed by atoms with Crippen molar-refractivity contribution in [1.82, 2.24) is 24.6 Å². The fourth-order valence-electron chi connectivity index (χ4n) is 4.42. The Kier molecular flexibility index (Phi) is 6.22. The summed E-state index contributed by atoms with van der Waals surface area (Å²) in [5.41, 5.74) is -0.0365. The van der Waals surface area contributed by atoms with Crippen LogP contribution in [0, 0.1) is 0 Å². The molecule has 0 spiro atoms. The van der Waals surface area contributed by atoms with Crippen LogP contribution in [0.25, 0.3) is 0 Å². The number of hydrogen-bond acceptors (Lipinski definition) is 6. The van der Waals surface area contributed by atoms with E-state index in [-0.39, 0.29) is 11.9 Å². The molecule has 1 N–H and O–H groups in total. The highest BCUT2D eigenvalue weighted by molar-refractivity contribution is 5.76. The Morgan fingerprint density at radius 3 is 2.72 bits per heavy atom. The number of aromatic nitrogens is 3. The van der Waals surface area contributed by atoms with E-state index in [1.165, 1.54) is 6.33 Å². The molecule has 29 heavy (non-hydrogen) atoms. The van der Waals surface area contributed by atoms with E-state index in [0.29, 0.717) is 45.7 Å². The van der Waals surface area contributed by atoms with Crippen molar-refractivity contribution in [3.05, 3.63) is 48.5 Å². The molecule has 2 aliphatic heterocycles. The van der Waals surface area contributed by atoms with E-state index in [1.54, 1.807) is 11.0 Å². The number of morpholine rings is 1. The second-order valence-corrected chi connectivity index (χ2v) is 7.81. The van der Waals surface area contributed by atoms with Crippen LogP contribution in [0.2, 0.25) is 0 Å². The third-order valence-electron chi connectivity index (χ3n) is 6.06. The predicted octanol–water partition coefficient (Wildman–Crippen LogP) is 0.879. The van der Waals surface area contributed by atoms with Crippen molar-refractivity contribution >= 4 is 5.91 Å². The first-order valence-corrected chi connectivity index (χ1v) is 10.4. The molecule has 0 aliphatic carbocycles. The van der Waals surface area contributed by atoms with Gasteiger partial charge in [0.15, 0.2) is 0 Å². The van der Waals surface area contributed by atoms with Gasteiger partial charge in [0, 0.05) is 39.1 Å². The van der Waals surface area contributed by atoms with Gasteiger partial charge in [-0.05, 0) is 18.4 Å². The molecule has 3 heterocycles. The van der Waals surface area contributed by atoms with Crippen molar-refractivity contribution < 1.29 is 14.6 Å². The van der Waals surface area contributed by atoms with E-state index in [9.17, 15) is 9.90 Å². The fourth-order valence-corrected chi connectivity index (χ4v) is 4.42. The Morgan fingerprint density at radius 1 is 1.21 bits per heavy atom. The summed E-state index contributed by atoms with van der Waals surface area (Å²) in [5.74, 6) is 0.137. The van der Waals surface area contributed by atoms with Gasteiger partial charge in [-0.2, -0.15) is 5.10 Å². The fraction of sp³-hybridized carbons (Fsp3) is 0.571. The number of likely N-dealkylation sites (tertiary alicyclic amines) is 1. The van der Waals surface area contributed by atoms with Crippen LogP contribution in [0.3, 0.4) is 0 Å². The van der Waals surface area contributed by atoms with E-state index in [1.807, 2.05) is 35.2 Å². The maximum absolute atomic E-state index is 12.9. The predicted molar refractivity (Wildman–Crippen MR) is 107 cm³/mol. The minimum atomic E-state index is -0.962. The largest absolute Gasteiger partial charge is 0.383 e. The van der Waals surface area contributed by atoms with Crippen molar-refractivity contribution in [2.24, 2.45) is 0 Å². The maximum atomic E-state index is 12.9. The molecule has 1 aromatic carbocycles. The molecule has 2 aliphatic rings. The van der Waals surface area contributed by atoms with Crippen LogP contribution in [0.15, 0.2) is 43.0 Å². The topological polar surface area (TPSA) is 83.7 Å². The number of nitrogens with zero attached hydrogens (tertiary/aromatic N) is 5. The van der Waals surface area contributed by atoms with Crippen molar-refractivity contribution in [3.8, 4) is 0 Å². The monoisotopic (exact) mass is 399 g/mol. The summed E-state index contributed by atoms with van der Waals surface area (Å²) in [6.45, 7) is 4.64. The van der Waals surface area contributed by atoms with Crippen LogP contribution in [0.4, 0.5) is 0 Å². The number of aryl methyl sites for hydroxylation is 1. The van der Waals surface area contributed by atoms with E-state index >= 15 is 0 Å². The number of amides is 1. The van der Waals surface area contributed by atoms with Crippen LogP contribution in [-0.4, -0.2) is 81.0 Å². The Hall–Kier alpha value is -2.29. The first-order valence-electron chi connectivity index (χ1n) is 10.4. The Bertz CT molecular complexity index is 779. The SMILES string of the molecule is O=C(CCCn1cncn1)N1CC[C@](O)(c2ccccc2)[C@H](N2CCOCC2)C1. The van der Waals surface area contributed by atoms with Gasteiger partial charge in [-0.3, -0.25) is 14.4 Å². The Balaban J connectivity index is 1.45. The molecule has 2 atom stereocenters. The van der Waals surface area contributed by atoms with Crippen molar-refractivity contribution in [3.63, 3.8) is 0 Å². The van der Waals surface area contributed by atoms with Gasteiger partial charge in [0.05, 0.1) is 19.3 Å². The summed E-state index contributed by atoms with van der Waals surface area (Å²) in [6.07, 6.45) is 4.90. The molecule has 1 amide bonds. The molecule has 8 heteroatoms. The molecular weight excluding hydrogens is 370 g/mol. The molecule has 2 fully saturated rings. The van der Waals surface area contributed by atoms with Gasteiger partial charge < -0.3 is 14.7 Å². The molecule has 156 valence electrons. The smallest absolute Gasteiger partial charge is 0.222 e. The number of hydrogen-bond donors (Lipinski definition) is 1. The van der Waals surface area contributed by atoms with Crippen LogP contribution >= 0.6 is 0 Å². The minimum absolute atomic E-state index is 0.137. The molecule has 0 unspecified atom stereocenters. The van der Waals surface area contributed by atoms with Gasteiger partial charge in [0.1, 0.15) is 18.3 Å². The quantitative estimate of drug-likeness (QED) is 0.776. The second-order valence-electron chi connectivity index (χ2n) is 7.81. The first kappa shape index (κ1) is 20.0. The molecule has 4 rings (SSSR count). The van der Waals surface area contributed by atoms with Crippen LogP contribution in [0.1, 0.15) is 24.8 Å². The molecule has 2 aromatic rings. The molecule has 1 aromatic heterocycles. The average Bonchev–Trinajstić information content (AvgIpc) is 3.29. The van der Waals surface area contributed by atoms with Crippen molar-refractivity contribution in [2.75, 3.05) is 39.4 Å². The lowest BCUT2D eigenvalue weighted by atomic mass is 9.79. The lowest BCUT2D eigenvalue weighted by molar-refractivity contribution is -0.147. The minimum Gasteiger partial charge on any atom is -0.383 e. The summed E-state index contributed by atoms with van der Waals surface area (Å²) >= 11 is 0. The van der Waals surface area contributed by atoms with E-state index in [2.05, 4.69) is 15.0 Å². The van der Waals surface area contributed by atoms with E-state index in [4.69, 9.17) is 4.74 Å². The van der Waals surface area contributed by atoms with Crippen LogP contribution in [-0.2, 0) is 21.7 Å². The van der Waals surface area contributed by atoms with Crippen molar-refractivity contribution in [1.29, 1.82) is 0 Å². The van der Waals surface area contributed by atoms with E-state index in [0.717, 1.165) is 25.1 Å². The maximum Gasteiger partial charge on any atom is 0.222 e. The third kappa shape index (κ3) is 4.49. The van der Waals surface area contributed by atoms with Gasteiger partial charge in [0.2, 0.25) is 5.91 Å². The second kappa shape index (κ2) is 9.02. The average molecular weight is 399 g/mol. The standard InChI is InChI=1S/C21H29N5O3/c27-20(7-4-9-26-17-22-16-23-26)25-10-8-21(28,18-5-2-1-3-6-18)19(15-25)24-11-13-29-14-12-24/h1-3,5-6,16-17,19,28H,4,7-15H2/t19-,21+/m1/s1. The number of ether oxygens (including phenoxy) is 1. The first-order chi connectivity index (χ1) is 14.2. The van der Waals surface area contributed by atoms with Crippen LogP contribution in [0.5, 0.6) is 0 Å². The number of carbonyl (C=O) groups excluding carboxylic acids is 1. The summed E-state index contributed by atoms with van der Waals surface area (Å²) in [6, 6.07) is 9.73. The number of carbonyl (C=O) groups is 1. The van der Waals surface area contributed by atoms with Gasteiger partial charge in [-0.15, -0.1) is 0 Å². The highest BCUT2D eigenvalue weighted by Gasteiger charge is 2.46. The third-order valence-corrected chi connectivity index (χ3v) is 6.06. The molecule has 8 nitrogen and oxygen atoms in total. The zero-order chi connectivity index (χ0) is 20.1. The van der Waals surface area contributed by atoms with Gasteiger partial charge in [-0.25, -0.2) is 4.98 Å². The van der Waals surface area contributed by atoms with Gasteiger partial charge in [0.25, 0.3) is 0 Å². The van der Waals surface area contributed by atoms with Gasteiger partial charge in [-0.1, -0.05) is 30.3 Å². The van der Waals surface area contributed by atoms with Crippen molar-refractivity contribution in [2.45, 2.75) is 37.5 Å². The Labute approximate surface area is 171 Å². The highest BCUT2D eigenvalue weighted by atomic mass is 16.5. The summed E-state index contributed by atoms with van der Waals surface area (Å²) in [5, 5.41) is 15.8. The lowest BCUT2D eigenvalue weighted by Gasteiger charge is -2.50. The highest BCUT2D eigenvalue weighted by Crippen LogP contribution is 2.36. The molecule has 0 radical (unpaired) electrons. The number of benzene rings is 1. The molecule has 0 saturated carbocycles. The van der Waals surface area contributed by atoms with Gasteiger partial charge >= 0.3 is 0 Å². The zero-order valence-electron chi connectivity index (χ0n) is 16.7. The molecule has 2 saturated heterocycles. The lowest BCUT2D eigenvalue weighted by Crippen LogP contribution is -2.63. The van der Waals surface area contributed by atoms with Crippen LogP contribution < -0.4 is 0 Å². The normalized spacial score (nSPS) is 25.8. The van der Waals surface area contributed by atoms with E-state index < -0.39 is 5.60 Å². The zero-order valence-corrected chi connectivity index (χ0v) is 16.7. The number of rotatable bonds is 6. The number of aliphatic hydroxyl groups is 1. The Morgan fingerprint density at radius 2 is 2.00 bits per heavy atom. The summed E-state index contributed by atoms with van der Waals surface area (Å²) in [7, 11) is 0. The number of piperidine rings is 1.